The number of benzene rings is 2. The monoisotopic (exact) mass is 452 g/mol. The van der Waals surface area contributed by atoms with Gasteiger partial charge in [0.25, 0.3) is 5.56 Å². The Morgan fingerprint density at radius 1 is 1.15 bits per heavy atom. The van der Waals surface area contributed by atoms with Crippen molar-refractivity contribution in [2.75, 3.05) is 6.61 Å². The lowest BCUT2D eigenvalue weighted by Gasteiger charge is -2.16. The molecule has 33 heavy (non-hydrogen) atoms. The van der Waals surface area contributed by atoms with E-state index in [-0.39, 0.29) is 29.5 Å². The fourth-order valence-corrected chi connectivity index (χ4v) is 4.30. The average Bonchev–Trinajstić information content (AvgIpc) is 3.44. The van der Waals surface area contributed by atoms with Gasteiger partial charge in [-0.15, -0.1) is 0 Å². The number of aryl methyl sites for hydroxylation is 1. The average molecular weight is 452 g/mol. The van der Waals surface area contributed by atoms with Crippen LogP contribution in [0.1, 0.15) is 24.0 Å². The first-order valence-electron chi connectivity index (χ1n) is 10.8. The normalized spacial score (nSPS) is 16.0. The van der Waals surface area contributed by atoms with Crippen LogP contribution in [0.5, 0.6) is 0 Å². The Hall–Kier alpha value is -3.59. The third-order valence-electron chi connectivity index (χ3n) is 6.06. The summed E-state index contributed by atoms with van der Waals surface area (Å²) in [5.74, 6) is -1.69. The zero-order chi connectivity index (χ0) is 23.1. The Bertz CT molecular complexity index is 1470. The summed E-state index contributed by atoms with van der Waals surface area (Å²) in [6.07, 6.45) is 2.74. The van der Waals surface area contributed by atoms with Gasteiger partial charge in [-0.2, -0.15) is 0 Å². The smallest absolute Gasteiger partial charge is 0.337 e. The van der Waals surface area contributed by atoms with Crippen LogP contribution in [0, 0.1) is 18.6 Å². The molecular formula is C24H22F2N4O3. The summed E-state index contributed by atoms with van der Waals surface area (Å²) in [5, 5.41) is 0. The van der Waals surface area contributed by atoms with Crippen molar-refractivity contribution in [2.24, 2.45) is 0 Å². The van der Waals surface area contributed by atoms with E-state index < -0.39 is 22.9 Å². The maximum atomic E-state index is 14.7. The van der Waals surface area contributed by atoms with Crippen LogP contribution in [0.15, 0.2) is 58.4 Å². The fraction of sp³-hybridized carbons (Fsp3) is 0.292. The van der Waals surface area contributed by atoms with Crippen molar-refractivity contribution < 1.29 is 13.5 Å². The van der Waals surface area contributed by atoms with Crippen LogP contribution in [0.25, 0.3) is 16.9 Å². The van der Waals surface area contributed by atoms with E-state index in [0.717, 1.165) is 39.2 Å². The Balaban J connectivity index is 1.76. The zero-order valence-electron chi connectivity index (χ0n) is 18.0. The molecule has 5 rings (SSSR count). The third kappa shape index (κ3) is 3.78. The molecule has 0 spiro atoms. The molecule has 3 heterocycles. The molecule has 170 valence electrons. The largest absolute Gasteiger partial charge is 0.376 e. The van der Waals surface area contributed by atoms with Gasteiger partial charge >= 0.3 is 5.69 Å². The van der Waals surface area contributed by atoms with Crippen LogP contribution in [-0.4, -0.2) is 31.4 Å². The molecule has 7 nitrogen and oxygen atoms in total. The highest BCUT2D eigenvalue weighted by molar-refractivity contribution is 5.72. The number of hydrogen-bond donors (Lipinski definition) is 0. The molecule has 0 bridgehead atoms. The van der Waals surface area contributed by atoms with Crippen molar-refractivity contribution in [3.8, 4) is 5.69 Å². The van der Waals surface area contributed by atoms with E-state index in [2.05, 4.69) is 4.98 Å². The maximum Gasteiger partial charge on any atom is 0.337 e. The second kappa shape index (κ2) is 8.40. The number of halogens is 2. The van der Waals surface area contributed by atoms with E-state index >= 15 is 0 Å². The van der Waals surface area contributed by atoms with E-state index in [1.165, 1.54) is 12.4 Å². The number of imidazole rings is 1. The minimum Gasteiger partial charge on any atom is -0.376 e. The Kier molecular flexibility index (Phi) is 5.41. The molecule has 0 amide bonds. The quantitative estimate of drug-likeness (QED) is 0.467. The van der Waals surface area contributed by atoms with Crippen molar-refractivity contribution in [3.63, 3.8) is 0 Å². The fourth-order valence-electron chi connectivity index (χ4n) is 4.30. The van der Waals surface area contributed by atoms with Crippen LogP contribution in [0.3, 0.4) is 0 Å². The number of rotatable bonds is 5. The van der Waals surface area contributed by atoms with Gasteiger partial charge in [-0.05, 0) is 43.0 Å². The van der Waals surface area contributed by atoms with Crippen molar-refractivity contribution >= 4 is 11.2 Å². The van der Waals surface area contributed by atoms with Crippen LogP contribution in [0.4, 0.5) is 8.78 Å². The topological polar surface area (TPSA) is 71.1 Å². The molecule has 0 aliphatic carbocycles. The molecule has 4 aromatic rings. The minimum atomic E-state index is -0.922. The molecule has 1 aliphatic heterocycles. The van der Waals surface area contributed by atoms with Crippen LogP contribution in [-0.2, 0) is 17.8 Å². The van der Waals surface area contributed by atoms with Gasteiger partial charge in [-0.1, -0.05) is 24.3 Å². The molecule has 0 radical (unpaired) electrons. The Morgan fingerprint density at radius 3 is 2.70 bits per heavy atom. The highest BCUT2D eigenvalue weighted by Crippen LogP contribution is 2.20. The van der Waals surface area contributed by atoms with Gasteiger partial charge in [0.05, 0.1) is 24.7 Å². The number of ether oxygens (including phenoxy) is 1. The first kappa shape index (κ1) is 21.3. The highest BCUT2D eigenvalue weighted by Gasteiger charge is 2.24. The summed E-state index contributed by atoms with van der Waals surface area (Å²) in [4.78, 5) is 31.2. The van der Waals surface area contributed by atoms with Gasteiger partial charge in [0, 0.05) is 19.2 Å². The predicted octanol–water partition coefficient (Wildman–Crippen LogP) is 3.16. The number of nitrogens with zero attached hydrogens (tertiary/aromatic N) is 4. The van der Waals surface area contributed by atoms with Crippen molar-refractivity contribution in [1.82, 2.24) is 18.7 Å². The van der Waals surface area contributed by atoms with Crippen molar-refractivity contribution in [3.05, 3.63) is 92.4 Å². The second-order valence-electron chi connectivity index (χ2n) is 8.24. The first-order chi connectivity index (χ1) is 15.9. The molecule has 0 N–H and O–H groups in total. The Morgan fingerprint density at radius 2 is 1.97 bits per heavy atom. The van der Waals surface area contributed by atoms with E-state index in [4.69, 9.17) is 4.74 Å². The van der Waals surface area contributed by atoms with E-state index in [1.54, 1.807) is 4.57 Å². The van der Waals surface area contributed by atoms with Gasteiger partial charge < -0.3 is 9.30 Å². The van der Waals surface area contributed by atoms with Crippen LogP contribution in [0.2, 0.25) is 0 Å². The Labute approximate surface area is 187 Å². The van der Waals surface area contributed by atoms with Crippen molar-refractivity contribution in [1.29, 1.82) is 0 Å². The molecule has 1 saturated heterocycles. The first-order valence-corrected chi connectivity index (χ1v) is 10.8. The van der Waals surface area contributed by atoms with Crippen LogP contribution < -0.4 is 11.2 Å². The molecule has 0 unspecified atom stereocenters. The van der Waals surface area contributed by atoms with E-state index in [1.807, 2.05) is 31.2 Å². The number of fused-ring (bicyclic) bond motifs is 1. The summed E-state index contributed by atoms with van der Waals surface area (Å²) in [5.41, 5.74) is 0.774. The standard InChI is InChI=1S/C24H22F2N4O3/c1-15-5-2-3-6-16(15)12-28-14-27-22-21(28)23(31)29(13-18-7-4-10-33-18)24(32)30(22)20-9-8-17(25)11-19(20)26/h2-3,5-6,8-9,11,14,18H,4,7,10,12-13H2,1H3/t18-/m0/s1. The third-order valence-corrected chi connectivity index (χ3v) is 6.06. The van der Waals surface area contributed by atoms with Gasteiger partial charge in [-0.3, -0.25) is 9.36 Å². The molecule has 1 aliphatic rings. The van der Waals surface area contributed by atoms with E-state index in [0.29, 0.717) is 19.2 Å². The second-order valence-corrected chi connectivity index (χ2v) is 8.24. The predicted molar refractivity (Wildman–Crippen MR) is 119 cm³/mol. The van der Waals surface area contributed by atoms with Gasteiger partial charge in [0.2, 0.25) is 0 Å². The summed E-state index contributed by atoms with van der Waals surface area (Å²) in [7, 11) is 0. The number of hydrogen-bond acceptors (Lipinski definition) is 4. The van der Waals surface area contributed by atoms with Crippen molar-refractivity contribution in [2.45, 2.75) is 39.0 Å². The lowest BCUT2D eigenvalue weighted by atomic mass is 10.1. The lowest BCUT2D eigenvalue weighted by Crippen LogP contribution is -2.42. The molecule has 0 saturated carbocycles. The summed E-state index contributed by atoms with van der Waals surface area (Å²) in [6.45, 7) is 2.93. The summed E-state index contributed by atoms with van der Waals surface area (Å²) < 4.78 is 37.7. The van der Waals surface area contributed by atoms with E-state index in [9.17, 15) is 18.4 Å². The van der Waals surface area contributed by atoms with Gasteiger partial charge in [0.1, 0.15) is 11.6 Å². The molecule has 9 heteroatoms. The molecular weight excluding hydrogens is 430 g/mol. The zero-order valence-corrected chi connectivity index (χ0v) is 18.0. The lowest BCUT2D eigenvalue weighted by molar-refractivity contribution is 0.0950. The molecule has 2 aromatic heterocycles. The molecule has 2 aromatic carbocycles. The van der Waals surface area contributed by atoms with Gasteiger partial charge in [-0.25, -0.2) is 23.1 Å². The number of aromatic nitrogens is 4. The molecule has 1 fully saturated rings. The minimum absolute atomic E-state index is 0.0210. The summed E-state index contributed by atoms with van der Waals surface area (Å²) in [6, 6.07) is 10.7. The maximum absolute atomic E-state index is 14.7. The summed E-state index contributed by atoms with van der Waals surface area (Å²) >= 11 is 0. The molecule has 1 atom stereocenters. The van der Waals surface area contributed by atoms with Gasteiger partial charge in [0.15, 0.2) is 11.2 Å². The SMILES string of the molecule is Cc1ccccc1Cn1cnc2c1c(=O)n(C[C@@H]1CCCO1)c(=O)n2-c1ccc(F)cc1F. The van der Waals surface area contributed by atoms with Crippen LogP contribution >= 0.6 is 0 Å². The highest BCUT2D eigenvalue weighted by atomic mass is 19.1.